The lowest BCUT2D eigenvalue weighted by molar-refractivity contribution is 0.985. The molecule has 3 nitrogen and oxygen atoms in total. The first-order chi connectivity index (χ1) is 21.6. The summed E-state index contributed by atoms with van der Waals surface area (Å²) in [4.78, 5) is 4.68. The standard InChI is InChI=1S/C41H35N3/c1-4-12-35-29(5-2)28-43(3)40-26-25-34(27-38(35)40)44(41-20-11-16-31-14-7-9-18-37(31)41)33-23-21-32(22-24-33)42-39-19-10-15-30-13-6-8-17-36(30)39/h4-27,42H,2,28H2,1,3H3/b12-4-. The van der Waals surface area contributed by atoms with Crippen molar-refractivity contribution in [1.82, 2.24) is 0 Å². The topological polar surface area (TPSA) is 18.5 Å². The molecule has 0 unspecified atom stereocenters. The molecule has 1 N–H and O–H groups in total. The molecule has 1 aliphatic rings. The highest BCUT2D eigenvalue weighted by Crippen LogP contribution is 2.43. The van der Waals surface area contributed by atoms with Crippen LogP contribution in [0.25, 0.3) is 27.1 Å². The minimum Gasteiger partial charge on any atom is -0.370 e. The summed E-state index contributed by atoms with van der Waals surface area (Å²) in [6, 6.07) is 45.6. The van der Waals surface area contributed by atoms with Gasteiger partial charge in [-0.25, -0.2) is 0 Å². The Morgan fingerprint density at radius 1 is 0.727 bits per heavy atom. The Bertz CT molecular complexity index is 2060. The second kappa shape index (κ2) is 11.6. The Morgan fingerprint density at radius 3 is 2.14 bits per heavy atom. The number of fused-ring (bicyclic) bond motifs is 3. The van der Waals surface area contributed by atoms with Gasteiger partial charge in [-0.2, -0.15) is 0 Å². The maximum atomic E-state index is 4.13. The molecular formula is C41H35N3. The summed E-state index contributed by atoms with van der Waals surface area (Å²) in [5.74, 6) is 0. The van der Waals surface area contributed by atoms with Gasteiger partial charge in [0, 0.05) is 58.4 Å². The molecule has 214 valence electrons. The van der Waals surface area contributed by atoms with Crippen LogP contribution in [0.3, 0.4) is 0 Å². The second-order valence-corrected chi connectivity index (χ2v) is 11.2. The van der Waals surface area contributed by atoms with Crippen LogP contribution < -0.4 is 15.1 Å². The lowest BCUT2D eigenvalue weighted by Crippen LogP contribution is -2.25. The van der Waals surface area contributed by atoms with Crippen molar-refractivity contribution in [3.63, 3.8) is 0 Å². The normalized spacial score (nSPS) is 13.0. The molecule has 7 rings (SSSR count). The lowest BCUT2D eigenvalue weighted by Gasteiger charge is -2.33. The molecule has 6 aromatic carbocycles. The van der Waals surface area contributed by atoms with E-state index in [1.807, 2.05) is 6.08 Å². The van der Waals surface area contributed by atoms with Crippen molar-refractivity contribution >= 4 is 61.2 Å². The number of allylic oxidation sites excluding steroid dienone is 3. The molecule has 0 saturated carbocycles. The highest BCUT2D eigenvalue weighted by atomic mass is 15.1. The van der Waals surface area contributed by atoms with Gasteiger partial charge in [-0.15, -0.1) is 0 Å². The summed E-state index contributed by atoms with van der Waals surface area (Å²) < 4.78 is 0. The van der Waals surface area contributed by atoms with Crippen LogP contribution in [0.4, 0.5) is 34.1 Å². The number of hydrogen-bond acceptors (Lipinski definition) is 3. The third-order valence-electron chi connectivity index (χ3n) is 8.47. The van der Waals surface area contributed by atoms with E-state index in [1.165, 1.54) is 43.9 Å². The third-order valence-corrected chi connectivity index (χ3v) is 8.47. The van der Waals surface area contributed by atoms with Crippen LogP contribution >= 0.6 is 0 Å². The smallest absolute Gasteiger partial charge is 0.0540 e. The van der Waals surface area contributed by atoms with Crippen LogP contribution in [-0.4, -0.2) is 13.6 Å². The minimum absolute atomic E-state index is 0.841. The van der Waals surface area contributed by atoms with Crippen LogP contribution in [-0.2, 0) is 0 Å². The first-order valence-corrected chi connectivity index (χ1v) is 15.1. The number of nitrogens with zero attached hydrogens (tertiary/aromatic N) is 2. The number of hydrogen-bond donors (Lipinski definition) is 1. The first-order valence-electron chi connectivity index (χ1n) is 15.1. The van der Waals surface area contributed by atoms with E-state index in [9.17, 15) is 0 Å². The average Bonchev–Trinajstić information content (AvgIpc) is 3.07. The molecular weight excluding hydrogens is 534 g/mol. The second-order valence-electron chi connectivity index (χ2n) is 11.2. The highest BCUT2D eigenvalue weighted by Gasteiger charge is 2.23. The van der Waals surface area contributed by atoms with Crippen LogP contribution in [0.5, 0.6) is 0 Å². The van der Waals surface area contributed by atoms with E-state index >= 15 is 0 Å². The number of anilines is 6. The van der Waals surface area contributed by atoms with E-state index in [1.54, 1.807) is 0 Å². The van der Waals surface area contributed by atoms with Crippen molar-refractivity contribution < 1.29 is 0 Å². The molecule has 44 heavy (non-hydrogen) atoms. The summed E-state index contributed by atoms with van der Waals surface area (Å²) >= 11 is 0. The monoisotopic (exact) mass is 569 g/mol. The molecule has 0 atom stereocenters. The zero-order chi connectivity index (χ0) is 30.0. The summed E-state index contributed by atoms with van der Waals surface area (Å²) in [5.41, 5.74) is 10.4. The van der Waals surface area contributed by atoms with Gasteiger partial charge in [-0.1, -0.05) is 97.6 Å². The predicted molar refractivity (Wildman–Crippen MR) is 191 cm³/mol. The predicted octanol–water partition coefficient (Wildman–Crippen LogP) is 11.2. The largest absolute Gasteiger partial charge is 0.370 e. The van der Waals surface area contributed by atoms with E-state index in [2.05, 4.69) is 175 Å². The van der Waals surface area contributed by atoms with Crippen LogP contribution in [0, 0.1) is 0 Å². The molecule has 0 saturated heterocycles. The molecule has 0 fully saturated rings. The molecule has 3 heteroatoms. The first kappa shape index (κ1) is 27.3. The quantitative estimate of drug-likeness (QED) is 0.206. The Kier molecular flexibility index (Phi) is 7.21. The number of nitrogens with one attached hydrogen (secondary N) is 1. The van der Waals surface area contributed by atoms with Gasteiger partial charge in [0.1, 0.15) is 0 Å². The van der Waals surface area contributed by atoms with Crippen LogP contribution in [0.1, 0.15) is 12.5 Å². The average molecular weight is 570 g/mol. The van der Waals surface area contributed by atoms with Crippen molar-refractivity contribution in [2.75, 3.05) is 28.7 Å². The molecule has 6 aromatic rings. The van der Waals surface area contributed by atoms with Crippen molar-refractivity contribution in [1.29, 1.82) is 0 Å². The number of rotatable bonds is 7. The third kappa shape index (κ3) is 4.93. The zero-order valence-electron chi connectivity index (χ0n) is 25.2. The van der Waals surface area contributed by atoms with E-state index < -0.39 is 0 Å². The number of benzene rings is 6. The highest BCUT2D eigenvalue weighted by molar-refractivity contribution is 6.00. The van der Waals surface area contributed by atoms with Gasteiger partial charge < -0.3 is 15.1 Å². The fraction of sp³-hybridized carbons (Fsp3) is 0.0732. The maximum absolute atomic E-state index is 4.13. The molecule has 0 spiro atoms. The van der Waals surface area contributed by atoms with E-state index in [-0.39, 0.29) is 0 Å². The van der Waals surface area contributed by atoms with Crippen molar-refractivity contribution in [2.24, 2.45) is 0 Å². The maximum Gasteiger partial charge on any atom is 0.0540 e. The van der Waals surface area contributed by atoms with Gasteiger partial charge in [0.2, 0.25) is 0 Å². The summed E-state index contributed by atoms with van der Waals surface area (Å²) in [7, 11) is 2.15. The summed E-state index contributed by atoms with van der Waals surface area (Å²) in [6.45, 7) is 7.05. The molecule has 0 bridgehead atoms. The Balaban J connectivity index is 1.36. The lowest BCUT2D eigenvalue weighted by atomic mass is 9.92. The summed E-state index contributed by atoms with van der Waals surface area (Å²) in [5, 5.41) is 8.50. The van der Waals surface area contributed by atoms with E-state index in [4.69, 9.17) is 0 Å². The Morgan fingerprint density at radius 2 is 1.39 bits per heavy atom. The van der Waals surface area contributed by atoms with Crippen LogP contribution in [0.2, 0.25) is 0 Å². The van der Waals surface area contributed by atoms with Crippen molar-refractivity contribution in [3.05, 3.63) is 163 Å². The van der Waals surface area contributed by atoms with Gasteiger partial charge in [0.05, 0.1) is 5.69 Å². The van der Waals surface area contributed by atoms with Gasteiger partial charge in [0.15, 0.2) is 0 Å². The molecule has 0 radical (unpaired) electrons. The van der Waals surface area contributed by atoms with E-state index in [0.29, 0.717) is 0 Å². The molecule has 1 aliphatic heterocycles. The van der Waals surface area contributed by atoms with Gasteiger partial charge >= 0.3 is 0 Å². The molecule has 0 amide bonds. The van der Waals surface area contributed by atoms with Gasteiger partial charge in [-0.3, -0.25) is 0 Å². The summed E-state index contributed by atoms with van der Waals surface area (Å²) in [6.07, 6.45) is 6.32. The van der Waals surface area contributed by atoms with Crippen molar-refractivity contribution in [2.45, 2.75) is 6.92 Å². The molecule has 1 heterocycles. The molecule has 0 aliphatic carbocycles. The molecule has 0 aromatic heterocycles. The number of likely N-dealkylation sites (N-methyl/N-ethyl adjacent to an activating group) is 1. The SMILES string of the molecule is C=CC1=C(/C=C\C)c2cc(N(c3ccc(Nc4cccc5ccccc45)cc3)c3cccc4ccccc34)ccc2N(C)C1. The van der Waals surface area contributed by atoms with Crippen LogP contribution in [0.15, 0.2) is 158 Å². The fourth-order valence-electron chi connectivity index (χ4n) is 6.36. The zero-order valence-corrected chi connectivity index (χ0v) is 25.2. The van der Waals surface area contributed by atoms with Crippen molar-refractivity contribution in [3.8, 4) is 0 Å². The van der Waals surface area contributed by atoms with Gasteiger partial charge in [0.25, 0.3) is 0 Å². The minimum atomic E-state index is 0.841. The Labute approximate surface area is 259 Å². The van der Waals surface area contributed by atoms with E-state index in [0.717, 1.165) is 35.0 Å². The van der Waals surface area contributed by atoms with Gasteiger partial charge in [-0.05, 0) is 83.4 Å². The Hall–Kier alpha value is -5.54. The fourth-order valence-corrected chi connectivity index (χ4v) is 6.36.